The third kappa shape index (κ3) is 3.71. The highest BCUT2D eigenvalue weighted by Crippen LogP contribution is 2.36. The Kier molecular flexibility index (Phi) is 5.26. The van der Waals surface area contributed by atoms with Crippen molar-refractivity contribution in [3.63, 3.8) is 0 Å². The molecule has 8 heteroatoms. The van der Waals surface area contributed by atoms with Crippen LogP contribution in [0.15, 0.2) is 58.6 Å². The first-order valence-electron chi connectivity index (χ1n) is 8.21. The number of pyridine rings is 1. The lowest BCUT2D eigenvalue weighted by molar-refractivity contribution is -0.115. The zero-order valence-electron chi connectivity index (χ0n) is 14.6. The number of carbonyl (C=O) groups is 1. The molecular weight excluding hydrogens is 417 g/mol. The molecule has 4 rings (SSSR count). The van der Waals surface area contributed by atoms with Crippen LogP contribution in [0.3, 0.4) is 0 Å². The minimum absolute atomic E-state index is 0.231. The van der Waals surface area contributed by atoms with Crippen molar-refractivity contribution in [3.8, 4) is 5.75 Å². The van der Waals surface area contributed by atoms with Crippen molar-refractivity contribution in [2.75, 3.05) is 7.11 Å². The van der Waals surface area contributed by atoms with E-state index >= 15 is 0 Å². The van der Waals surface area contributed by atoms with Crippen LogP contribution in [-0.2, 0) is 4.79 Å². The number of para-hydroxylation sites is 1. The first kappa shape index (κ1) is 18.8. The van der Waals surface area contributed by atoms with Crippen molar-refractivity contribution in [1.82, 2.24) is 10.3 Å². The van der Waals surface area contributed by atoms with Gasteiger partial charge in [-0.1, -0.05) is 35.3 Å². The van der Waals surface area contributed by atoms with Crippen LogP contribution < -0.4 is 10.1 Å². The van der Waals surface area contributed by atoms with Crippen LogP contribution in [0.2, 0.25) is 10.0 Å². The second-order valence-corrected chi connectivity index (χ2v) is 7.69. The van der Waals surface area contributed by atoms with E-state index in [4.69, 9.17) is 27.9 Å². The van der Waals surface area contributed by atoms with Gasteiger partial charge < -0.3 is 10.1 Å². The summed E-state index contributed by atoms with van der Waals surface area (Å²) in [5, 5.41) is 4.87. The van der Waals surface area contributed by atoms with Crippen LogP contribution >= 0.6 is 35.0 Å². The summed E-state index contributed by atoms with van der Waals surface area (Å²) in [6, 6.07) is 12.7. The smallest absolute Gasteiger partial charge is 0.264 e. The first-order chi connectivity index (χ1) is 13.5. The van der Waals surface area contributed by atoms with Crippen LogP contribution in [0, 0.1) is 0 Å². The number of methoxy groups -OCH3 is 1. The number of fused-ring (bicyclic) bond motifs is 1. The van der Waals surface area contributed by atoms with Crippen LogP contribution in [0.4, 0.5) is 5.69 Å². The van der Waals surface area contributed by atoms with Gasteiger partial charge in [0.05, 0.1) is 27.6 Å². The maximum absolute atomic E-state index is 12.4. The van der Waals surface area contributed by atoms with Crippen molar-refractivity contribution in [3.05, 3.63) is 69.2 Å². The minimum atomic E-state index is -0.231. The number of hydrogen-bond donors (Lipinski definition) is 1. The topological polar surface area (TPSA) is 63.6 Å². The molecule has 3 aromatic rings. The number of aromatic nitrogens is 1. The average Bonchev–Trinajstić information content (AvgIpc) is 3.03. The lowest BCUT2D eigenvalue weighted by Gasteiger charge is -2.05. The summed E-state index contributed by atoms with van der Waals surface area (Å²) in [5.41, 5.74) is 2.10. The highest BCUT2D eigenvalue weighted by molar-refractivity contribution is 8.18. The molecule has 1 fully saturated rings. The molecule has 0 bridgehead atoms. The monoisotopic (exact) mass is 429 g/mol. The third-order valence-electron chi connectivity index (χ3n) is 4.05. The number of ether oxygens (including phenoxy) is 1. The number of thioether (sulfide) groups is 1. The summed E-state index contributed by atoms with van der Waals surface area (Å²) in [6.45, 7) is 0. The Labute approximate surface area is 175 Å². The van der Waals surface area contributed by atoms with Crippen LogP contribution in [0.5, 0.6) is 5.75 Å². The molecule has 0 radical (unpaired) electrons. The predicted molar refractivity (Wildman–Crippen MR) is 116 cm³/mol. The second-order valence-electron chi connectivity index (χ2n) is 5.84. The molecule has 28 heavy (non-hydrogen) atoms. The summed E-state index contributed by atoms with van der Waals surface area (Å²) in [4.78, 5) is 21.6. The van der Waals surface area contributed by atoms with E-state index in [1.807, 2.05) is 18.2 Å². The molecule has 1 aliphatic heterocycles. The molecule has 1 aliphatic rings. The molecule has 5 nitrogen and oxygen atoms in total. The number of nitrogens with one attached hydrogen (secondary N) is 1. The third-order valence-corrected chi connectivity index (χ3v) is 5.56. The Bertz CT molecular complexity index is 1140. The van der Waals surface area contributed by atoms with E-state index in [9.17, 15) is 4.79 Å². The maximum atomic E-state index is 12.4. The van der Waals surface area contributed by atoms with Gasteiger partial charge in [-0.15, -0.1) is 0 Å². The number of aliphatic imine (C=N–C) groups is 1. The van der Waals surface area contributed by atoms with Gasteiger partial charge in [-0.2, -0.15) is 0 Å². The molecule has 0 aliphatic carbocycles. The standard InChI is InChI=1S/C20H13Cl2N3O2S/c1-27-16-7-8-23-15-6-5-11(9-12(15)16)10-17-19(26)25-20(28-17)24-18-13(21)3-2-4-14(18)22/h2-10H,1H3,(H,24,25,26)/b17-10+. The molecule has 0 atom stereocenters. The van der Waals surface area contributed by atoms with E-state index in [0.717, 1.165) is 22.2 Å². The van der Waals surface area contributed by atoms with Crippen molar-refractivity contribution in [2.24, 2.45) is 4.99 Å². The lowest BCUT2D eigenvalue weighted by atomic mass is 10.1. The van der Waals surface area contributed by atoms with E-state index in [1.165, 1.54) is 11.8 Å². The fraction of sp³-hybridized carbons (Fsp3) is 0.0500. The van der Waals surface area contributed by atoms with Gasteiger partial charge in [0.2, 0.25) is 0 Å². The first-order valence-corrected chi connectivity index (χ1v) is 9.79. The van der Waals surface area contributed by atoms with Gasteiger partial charge in [-0.25, -0.2) is 4.99 Å². The fourth-order valence-electron chi connectivity index (χ4n) is 2.74. The van der Waals surface area contributed by atoms with E-state index in [1.54, 1.807) is 43.6 Å². The quantitative estimate of drug-likeness (QED) is 0.562. The van der Waals surface area contributed by atoms with Gasteiger partial charge >= 0.3 is 0 Å². The average molecular weight is 430 g/mol. The molecule has 1 amide bonds. The number of carbonyl (C=O) groups excluding carboxylic acids is 1. The van der Waals surface area contributed by atoms with Gasteiger partial charge in [-0.3, -0.25) is 9.78 Å². The maximum Gasteiger partial charge on any atom is 0.264 e. The van der Waals surface area contributed by atoms with Gasteiger partial charge in [0.1, 0.15) is 11.4 Å². The van der Waals surface area contributed by atoms with Crippen LogP contribution in [0.1, 0.15) is 5.56 Å². The second kappa shape index (κ2) is 7.83. The zero-order valence-corrected chi connectivity index (χ0v) is 16.9. The highest BCUT2D eigenvalue weighted by atomic mass is 35.5. The number of halogens is 2. The molecule has 1 saturated heterocycles. The highest BCUT2D eigenvalue weighted by Gasteiger charge is 2.24. The largest absolute Gasteiger partial charge is 0.496 e. The zero-order chi connectivity index (χ0) is 19.7. The molecule has 2 aromatic carbocycles. The van der Waals surface area contributed by atoms with Crippen molar-refractivity contribution >= 4 is 68.7 Å². The molecule has 1 aromatic heterocycles. The van der Waals surface area contributed by atoms with E-state index in [2.05, 4.69) is 15.3 Å². The summed E-state index contributed by atoms with van der Waals surface area (Å²) in [6.07, 6.45) is 3.49. The fourth-order valence-corrected chi connectivity index (χ4v) is 4.05. The molecular formula is C20H13Cl2N3O2S. The Hall–Kier alpha value is -2.54. The SMILES string of the molecule is COc1ccnc2ccc(/C=C3/SC(=Nc4c(Cl)cccc4Cl)NC3=O)cc12. The van der Waals surface area contributed by atoms with E-state index < -0.39 is 0 Å². The molecule has 1 N–H and O–H groups in total. The molecule has 0 spiro atoms. The minimum Gasteiger partial charge on any atom is -0.496 e. The van der Waals surface area contributed by atoms with Crippen molar-refractivity contribution < 1.29 is 9.53 Å². The van der Waals surface area contributed by atoms with E-state index in [-0.39, 0.29) is 5.91 Å². The predicted octanol–water partition coefficient (Wildman–Crippen LogP) is 5.44. The molecule has 0 unspecified atom stereocenters. The Morgan fingerprint density at radius 1 is 1.18 bits per heavy atom. The van der Waals surface area contributed by atoms with Gasteiger partial charge in [-0.05, 0) is 53.7 Å². The Morgan fingerprint density at radius 2 is 1.96 bits per heavy atom. The Morgan fingerprint density at radius 3 is 2.71 bits per heavy atom. The Balaban J connectivity index is 1.67. The van der Waals surface area contributed by atoms with Crippen molar-refractivity contribution in [2.45, 2.75) is 0 Å². The van der Waals surface area contributed by atoms with Crippen molar-refractivity contribution in [1.29, 1.82) is 0 Å². The van der Waals surface area contributed by atoms with Crippen LogP contribution in [-0.4, -0.2) is 23.2 Å². The number of rotatable bonds is 3. The summed E-state index contributed by atoms with van der Waals surface area (Å²) >= 11 is 13.5. The molecule has 140 valence electrons. The molecule has 2 heterocycles. The summed E-state index contributed by atoms with van der Waals surface area (Å²) < 4.78 is 5.39. The number of amidine groups is 1. The number of amides is 1. The summed E-state index contributed by atoms with van der Waals surface area (Å²) in [7, 11) is 1.61. The molecule has 0 saturated carbocycles. The summed E-state index contributed by atoms with van der Waals surface area (Å²) in [5.74, 6) is 0.495. The number of benzene rings is 2. The van der Waals surface area contributed by atoms with Gasteiger partial charge in [0.25, 0.3) is 5.91 Å². The van der Waals surface area contributed by atoms with Gasteiger partial charge in [0.15, 0.2) is 5.17 Å². The number of hydrogen-bond acceptors (Lipinski definition) is 5. The van der Waals surface area contributed by atoms with Gasteiger partial charge in [0, 0.05) is 11.6 Å². The lowest BCUT2D eigenvalue weighted by Crippen LogP contribution is -2.19. The van der Waals surface area contributed by atoms with E-state index in [0.29, 0.717) is 25.8 Å². The van der Waals surface area contributed by atoms with Crippen LogP contribution in [0.25, 0.3) is 17.0 Å². The normalized spacial score (nSPS) is 16.8. The number of nitrogens with zero attached hydrogens (tertiary/aromatic N) is 2.